The van der Waals surface area contributed by atoms with Crippen molar-refractivity contribution in [3.8, 4) is 0 Å². The second kappa shape index (κ2) is 6.75. The molecular formula is C13H18N2O4. The van der Waals surface area contributed by atoms with Crippen molar-refractivity contribution in [2.24, 2.45) is 0 Å². The number of benzene rings is 1. The molecular weight excluding hydrogens is 248 g/mol. The van der Waals surface area contributed by atoms with Crippen molar-refractivity contribution in [3.63, 3.8) is 0 Å². The molecule has 0 saturated carbocycles. The van der Waals surface area contributed by atoms with Crippen molar-refractivity contribution in [2.75, 3.05) is 19.0 Å². The van der Waals surface area contributed by atoms with Gasteiger partial charge < -0.3 is 20.5 Å². The minimum atomic E-state index is -1.02. The van der Waals surface area contributed by atoms with Crippen LogP contribution in [0.25, 0.3) is 0 Å². The summed E-state index contributed by atoms with van der Waals surface area (Å²) in [5.41, 5.74) is 1.16. The van der Waals surface area contributed by atoms with E-state index in [1.165, 1.54) is 6.07 Å². The Morgan fingerprint density at radius 3 is 2.68 bits per heavy atom. The van der Waals surface area contributed by atoms with Gasteiger partial charge in [0.25, 0.3) is 0 Å². The number of ether oxygens (including phenoxy) is 1. The highest BCUT2D eigenvalue weighted by atomic mass is 16.5. The van der Waals surface area contributed by atoms with Crippen LogP contribution in [-0.4, -0.2) is 36.9 Å². The minimum Gasteiger partial charge on any atom is -0.478 e. The summed E-state index contributed by atoms with van der Waals surface area (Å²) >= 11 is 0. The van der Waals surface area contributed by atoms with Crippen LogP contribution in [0.4, 0.5) is 10.5 Å². The van der Waals surface area contributed by atoms with Crippen LogP contribution in [0.3, 0.4) is 0 Å². The molecule has 0 radical (unpaired) electrons. The first-order chi connectivity index (χ1) is 8.95. The monoisotopic (exact) mass is 266 g/mol. The third-order valence-corrected chi connectivity index (χ3v) is 2.61. The van der Waals surface area contributed by atoms with E-state index in [1.54, 1.807) is 26.2 Å². The van der Waals surface area contributed by atoms with Crippen LogP contribution in [-0.2, 0) is 4.74 Å². The molecule has 0 heterocycles. The van der Waals surface area contributed by atoms with Gasteiger partial charge in [0.15, 0.2) is 0 Å². The van der Waals surface area contributed by atoms with E-state index in [-0.39, 0.29) is 11.6 Å². The Hall–Kier alpha value is -2.08. The van der Waals surface area contributed by atoms with Crippen molar-refractivity contribution < 1.29 is 19.4 Å². The number of rotatable bonds is 5. The summed E-state index contributed by atoms with van der Waals surface area (Å²) in [5, 5.41) is 14.3. The standard InChI is InChI=1S/C13H18N2O4/c1-8(7-19-3)14-13(18)15-11-6-4-5-10(9(11)2)12(16)17/h4-6,8H,7H2,1-3H3,(H,16,17)(H2,14,15,18). The molecule has 19 heavy (non-hydrogen) atoms. The molecule has 104 valence electrons. The zero-order valence-electron chi connectivity index (χ0n) is 11.2. The van der Waals surface area contributed by atoms with Crippen molar-refractivity contribution >= 4 is 17.7 Å². The number of aromatic carboxylic acids is 1. The largest absolute Gasteiger partial charge is 0.478 e. The summed E-state index contributed by atoms with van der Waals surface area (Å²) in [4.78, 5) is 22.7. The molecule has 0 saturated heterocycles. The molecule has 2 amide bonds. The fourth-order valence-corrected chi connectivity index (χ4v) is 1.68. The molecule has 0 fully saturated rings. The minimum absolute atomic E-state index is 0.132. The zero-order valence-corrected chi connectivity index (χ0v) is 11.2. The smallest absolute Gasteiger partial charge is 0.336 e. The number of nitrogens with one attached hydrogen (secondary N) is 2. The average Bonchev–Trinajstić information content (AvgIpc) is 2.31. The molecule has 6 nitrogen and oxygen atoms in total. The highest BCUT2D eigenvalue weighted by Gasteiger charge is 2.12. The van der Waals surface area contributed by atoms with Gasteiger partial charge in [0.2, 0.25) is 0 Å². The number of carbonyl (C=O) groups excluding carboxylic acids is 1. The molecule has 3 N–H and O–H groups in total. The summed E-state index contributed by atoms with van der Waals surface area (Å²) in [6.07, 6.45) is 0. The quantitative estimate of drug-likeness (QED) is 0.759. The third-order valence-electron chi connectivity index (χ3n) is 2.61. The average molecular weight is 266 g/mol. The number of carboxylic acid groups (broad SMARTS) is 1. The fourth-order valence-electron chi connectivity index (χ4n) is 1.68. The number of amides is 2. The number of carboxylic acids is 1. The summed E-state index contributed by atoms with van der Waals surface area (Å²) < 4.78 is 4.91. The molecule has 1 aromatic rings. The van der Waals surface area contributed by atoms with Gasteiger partial charge in [0.05, 0.1) is 18.2 Å². The van der Waals surface area contributed by atoms with Crippen molar-refractivity contribution in [3.05, 3.63) is 29.3 Å². The zero-order chi connectivity index (χ0) is 14.4. The van der Waals surface area contributed by atoms with Crippen LogP contribution in [0.15, 0.2) is 18.2 Å². The topological polar surface area (TPSA) is 87.7 Å². The Kier molecular flexibility index (Phi) is 5.32. The molecule has 1 unspecified atom stereocenters. The van der Waals surface area contributed by atoms with Crippen LogP contribution >= 0.6 is 0 Å². The maximum Gasteiger partial charge on any atom is 0.336 e. The van der Waals surface area contributed by atoms with Crippen molar-refractivity contribution in [1.82, 2.24) is 5.32 Å². The molecule has 0 aliphatic carbocycles. The predicted octanol–water partition coefficient (Wildman–Crippen LogP) is 1.85. The fraction of sp³-hybridized carbons (Fsp3) is 0.385. The summed E-state index contributed by atoms with van der Waals surface area (Å²) in [6, 6.07) is 4.21. The van der Waals surface area contributed by atoms with E-state index in [2.05, 4.69) is 10.6 Å². The van der Waals surface area contributed by atoms with Crippen LogP contribution < -0.4 is 10.6 Å². The number of hydrogen-bond acceptors (Lipinski definition) is 3. The first-order valence-corrected chi connectivity index (χ1v) is 5.85. The number of urea groups is 1. The summed E-state index contributed by atoms with van der Waals surface area (Å²) in [6.45, 7) is 3.86. The van der Waals surface area contributed by atoms with Crippen LogP contribution in [0.2, 0.25) is 0 Å². The number of anilines is 1. The molecule has 0 spiro atoms. The Morgan fingerprint density at radius 2 is 2.11 bits per heavy atom. The van der Waals surface area contributed by atoms with Crippen LogP contribution in [0, 0.1) is 6.92 Å². The molecule has 1 aromatic carbocycles. The van der Waals surface area contributed by atoms with Gasteiger partial charge in [0, 0.05) is 12.8 Å². The number of carbonyl (C=O) groups is 2. The Morgan fingerprint density at radius 1 is 1.42 bits per heavy atom. The molecule has 1 atom stereocenters. The molecule has 0 aromatic heterocycles. The van der Waals surface area contributed by atoms with E-state index < -0.39 is 12.0 Å². The summed E-state index contributed by atoms with van der Waals surface area (Å²) in [7, 11) is 1.55. The van der Waals surface area contributed by atoms with Gasteiger partial charge in [0.1, 0.15) is 0 Å². The van der Waals surface area contributed by atoms with Gasteiger partial charge in [-0.2, -0.15) is 0 Å². The van der Waals surface area contributed by atoms with E-state index in [0.29, 0.717) is 17.9 Å². The first-order valence-electron chi connectivity index (χ1n) is 5.85. The van der Waals surface area contributed by atoms with Crippen LogP contribution in [0.1, 0.15) is 22.8 Å². The lowest BCUT2D eigenvalue weighted by Gasteiger charge is -2.15. The van der Waals surface area contributed by atoms with Crippen molar-refractivity contribution in [2.45, 2.75) is 19.9 Å². The van der Waals surface area contributed by atoms with E-state index >= 15 is 0 Å². The number of hydrogen-bond donors (Lipinski definition) is 3. The van der Waals surface area contributed by atoms with Crippen molar-refractivity contribution in [1.29, 1.82) is 0 Å². The highest BCUT2D eigenvalue weighted by Crippen LogP contribution is 2.18. The SMILES string of the molecule is COCC(C)NC(=O)Nc1cccc(C(=O)O)c1C. The molecule has 0 aliphatic rings. The van der Waals surface area contributed by atoms with Gasteiger partial charge in [-0.05, 0) is 31.5 Å². The van der Waals surface area contributed by atoms with E-state index in [1.807, 2.05) is 6.92 Å². The third kappa shape index (κ3) is 4.26. The Balaban J connectivity index is 2.75. The lowest BCUT2D eigenvalue weighted by molar-refractivity contribution is 0.0696. The van der Waals surface area contributed by atoms with Gasteiger partial charge in [-0.25, -0.2) is 9.59 Å². The lowest BCUT2D eigenvalue weighted by Crippen LogP contribution is -2.38. The predicted molar refractivity (Wildman–Crippen MR) is 71.6 cm³/mol. The van der Waals surface area contributed by atoms with E-state index in [9.17, 15) is 9.59 Å². The van der Waals surface area contributed by atoms with Gasteiger partial charge >= 0.3 is 12.0 Å². The maximum atomic E-state index is 11.7. The van der Waals surface area contributed by atoms with Gasteiger partial charge in [-0.15, -0.1) is 0 Å². The molecule has 1 rings (SSSR count). The van der Waals surface area contributed by atoms with E-state index in [0.717, 1.165) is 0 Å². The second-order valence-corrected chi connectivity index (χ2v) is 4.24. The Labute approximate surface area is 111 Å². The maximum absolute atomic E-state index is 11.7. The first kappa shape index (κ1) is 15.0. The van der Waals surface area contributed by atoms with Crippen LogP contribution in [0.5, 0.6) is 0 Å². The summed E-state index contributed by atoms with van der Waals surface area (Å²) in [5.74, 6) is -1.02. The Bertz CT molecular complexity index is 474. The van der Waals surface area contributed by atoms with Gasteiger partial charge in [-0.1, -0.05) is 6.07 Å². The number of methoxy groups -OCH3 is 1. The highest BCUT2D eigenvalue weighted by molar-refractivity contribution is 5.95. The van der Waals surface area contributed by atoms with Gasteiger partial charge in [-0.3, -0.25) is 0 Å². The molecule has 0 bridgehead atoms. The molecule has 0 aliphatic heterocycles. The molecule has 6 heteroatoms. The lowest BCUT2D eigenvalue weighted by atomic mass is 10.1. The second-order valence-electron chi connectivity index (χ2n) is 4.24. The van der Waals surface area contributed by atoms with E-state index in [4.69, 9.17) is 9.84 Å². The normalized spacial score (nSPS) is 11.7.